The highest BCUT2D eigenvalue weighted by Gasteiger charge is 2.12. The molecule has 20 heavy (non-hydrogen) atoms. The van der Waals surface area contributed by atoms with Crippen LogP contribution in [0.15, 0.2) is 29.3 Å². The standard InChI is InChI=1S/C12H15FN4O2S/c1-8-9(7-17(2)16-8)6-15-12-4-3-10(5-11(12)13)20(14,18)19/h3-5,7,15H,6H2,1-2H3,(H2,14,18,19). The molecule has 108 valence electrons. The topological polar surface area (TPSA) is 90.0 Å². The van der Waals surface area contributed by atoms with Gasteiger partial charge in [-0.25, -0.2) is 17.9 Å². The zero-order chi connectivity index (χ0) is 14.9. The molecular weight excluding hydrogens is 283 g/mol. The van der Waals surface area contributed by atoms with Gasteiger partial charge in [-0.1, -0.05) is 0 Å². The number of nitrogens with one attached hydrogen (secondary N) is 1. The minimum atomic E-state index is -3.89. The van der Waals surface area contributed by atoms with Crippen LogP contribution in [0.25, 0.3) is 0 Å². The van der Waals surface area contributed by atoms with Crippen molar-refractivity contribution in [2.45, 2.75) is 18.4 Å². The smallest absolute Gasteiger partial charge is 0.238 e. The van der Waals surface area contributed by atoms with Crippen molar-refractivity contribution in [3.05, 3.63) is 41.5 Å². The Morgan fingerprint density at radius 2 is 2.15 bits per heavy atom. The molecule has 0 amide bonds. The molecule has 0 unspecified atom stereocenters. The number of hydrogen-bond acceptors (Lipinski definition) is 4. The summed E-state index contributed by atoms with van der Waals surface area (Å²) in [5.41, 5.74) is 1.99. The molecular formula is C12H15FN4O2S. The predicted octanol–water partition coefficient (Wildman–Crippen LogP) is 1.13. The monoisotopic (exact) mass is 298 g/mol. The van der Waals surface area contributed by atoms with Gasteiger partial charge in [0, 0.05) is 25.4 Å². The summed E-state index contributed by atoms with van der Waals surface area (Å²) >= 11 is 0. The van der Waals surface area contributed by atoms with Crippen molar-refractivity contribution in [1.82, 2.24) is 9.78 Å². The van der Waals surface area contributed by atoms with Crippen LogP contribution in [-0.4, -0.2) is 18.2 Å². The van der Waals surface area contributed by atoms with E-state index in [1.54, 1.807) is 11.7 Å². The first-order valence-electron chi connectivity index (χ1n) is 5.82. The van der Waals surface area contributed by atoms with E-state index in [1.807, 2.05) is 13.1 Å². The van der Waals surface area contributed by atoms with Crippen molar-refractivity contribution in [2.75, 3.05) is 5.32 Å². The summed E-state index contributed by atoms with van der Waals surface area (Å²) in [5, 5.41) is 12.0. The van der Waals surface area contributed by atoms with Gasteiger partial charge in [-0.3, -0.25) is 4.68 Å². The molecule has 0 radical (unpaired) electrons. The van der Waals surface area contributed by atoms with E-state index in [2.05, 4.69) is 10.4 Å². The third-order valence-corrected chi connectivity index (χ3v) is 3.76. The van der Waals surface area contributed by atoms with Crippen molar-refractivity contribution in [3.63, 3.8) is 0 Å². The fourth-order valence-corrected chi connectivity index (χ4v) is 2.35. The maximum atomic E-state index is 13.8. The molecule has 3 N–H and O–H groups in total. The van der Waals surface area contributed by atoms with Crippen LogP contribution in [0.5, 0.6) is 0 Å². The van der Waals surface area contributed by atoms with Crippen molar-refractivity contribution in [2.24, 2.45) is 12.2 Å². The second kappa shape index (κ2) is 5.22. The molecule has 0 aliphatic heterocycles. The maximum Gasteiger partial charge on any atom is 0.238 e. The Bertz CT molecular complexity index is 740. The van der Waals surface area contributed by atoms with Crippen molar-refractivity contribution < 1.29 is 12.8 Å². The molecule has 0 spiro atoms. The minimum Gasteiger partial charge on any atom is -0.378 e. The van der Waals surface area contributed by atoms with Crippen LogP contribution in [0.4, 0.5) is 10.1 Å². The molecule has 8 heteroatoms. The Hall–Kier alpha value is -1.93. The first-order chi connectivity index (χ1) is 9.27. The molecule has 2 rings (SSSR count). The lowest BCUT2D eigenvalue weighted by atomic mass is 10.2. The molecule has 0 bridgehead atoms. The van der Waals surface area contributed by atoms with E-state index in [4.69, 9.17) is 5.14 Å². The lowest BCUT2D eigenvalue weighted by Gasteiger charge is -2.08. The van der Waals surface area contributed by atoms with Crippen LogP contribution in [0.2, 0.25) is 0 Å². The average molecular weight is 298 g/mol. The number of sulfonamides is 1. The number of nitrogens with zero attached hydrogens (tertiary/aromatic N) is 2. The normalized spacial score (nSPS) is 11.6. The number of rotatable bonds is 4. The van der Waals surface area contributed by atoms with Gasteiger partial charge in [-0.15, -0.1) is 0 Å². The van der Waals surface area contributed by atoms with Crippen molar-refractivity contribution in [3.8, 4) is 0 Å². The summed E-state index contributed by atoms with van der Waals surface area (Å²) in [5.74, 6) is -0.668. The van der Waals surface area contributed by atoms with Gasteiger partial charge in [0.05, 0.1) is 16.3 Å². The summed E-state index contributed by atoms with van der Waals surface area (Å²) < 4.78 is 37.7. The van der Waals surface area contributed by atoms with E-state index < -0.39 is 15.8 Å². The third-order valence-electron chi connectivity index (χ3n) is 2.85. The molecule has 2 aromatic rings. The van der Waals surface area contributed by atoms with Gasteiger partial charge in [0.1, 0.15) is 5.82 Å². The van der Waals surface area contributed by atoms with Crippen LogP contribution in [0, 0.1) is 12.7 Å². The first kappa shape index (κ1) is 14.5. The van der Waals surface area contributed by atoms with Gasteiger partial charge in [0.15, 0.2) is 0 Å². The predicted molar refractivity (Wildman–Crippen MR) is 73.0 cm³/mol. The Labute approximate surface area is 116 Å². The first-order valence-corrected chi connectivity index (χ1v) is 7.37. The zero-order valence-electron chi connectivity index (χ0n) is 11.1. The molecule has 0 saturated heterocycles. The Balaban J connectivity index is 2.17. The quantitative estimate of drug-likeness (QED) is 0.885. The highest BCUT2D eigenvalue weighted by molar-refractivity contribution is 7.89. The third kappa shape index (κ3) is 3.14. The number of benzene rings is 1. The molecule has 0 atom stereocenters. The van der Waals surface area contributed by atoms with Crippen LogP contribution in [-0.2, 0) is 23.6 Å². The van der Waals surface area contributed by atoms with E-state index in [0.717, 1.165) is 17.3 Å². The van der Waals surface area contributed by atoms with Gasteiger partial charge in [0.25, 0.3) is 0 Å². The molecule has 1 aromatic carbocycles. The SMILES string of the molecule is Cc1nn(C)cc1CNc1ccc(S(N)(=O)=O)cc1F. The molecule has 1 aromatic heterocycles. The number of halogens is 1. The van der Waals surface area contributed by atoms with Gasteiger partial charge < -0.3 is 5.32 Å². The fraction of sp³-hybridized carbons (Fsp3) is 0.250. The van der Waals surface area contributed by atoms with Gasteiger partial charge in [0.2, 0.25) is 10.0 Å². The summed E-state index contributed by atoms with van der Waals surface area (Å²) in [6, 6.07) is 3.51. The number of aryl methyl sites for hydroxylation is 2. The highest BCUT2D eigenvalue weighted by atomic mass is 32.2. The van der Waals surface area contributed by atoms with Crippen LogP contribution < -0.4 is 10.5 Å². The highest BCUT2D eigenvalue weighted by Crippen LogP contribution is 2.19. The second-order valence-electron chi connectivity index (χ2n) is 4.45. The summed E-state index contributed by atoms with van der Waals surface area (Å²) in [7, 11) is -2.09. The zero-order valence-corrected chi connectivity index (χ0v) is 11.9. The lowest BCUT2D eigenvalue weighted by Crippen LogP contribution is -2.12. The number of nitrogens with two attached hydrogens (primary N) is 1. The summed E-state index contributed by atoms with van der Waals surface area (Å²) in [6.07, 6.45) is 1.83. The summed E-state index contributed by atoms with van der Waals surface area (Å²) in [6.45, 7) is 2.25. The van der Waals surface area contributed by atoms with E-state index >= 15 is 0 Å². The summed E-state index contributed by atoms with van der Waals surface area (Å²) in [4.78, 5) is -0.252. The number of anilines is 1. The van der Waals surface area contributed by atoms with Crippen molar-refractivity contribution in [1.29, 1.82) is 0 Å². The van der Waals surface area contributed by atoms with E-state index in [1.165, 1.54) is 12.1 Å². The van der Waals surface area contributed by atoms with E-state index in [-0.39, 0.29) is 10.6 Å². The van der Waals surface area contributed by atoms with Crippen LogP contribution in [0.3, 0.4) is 0 Å². The second-order valence-corrected chi connectivity index (χ2v) is 6.02. The Morgan fingerprint density at radius 3 is 2.65 bits per heavy atom. The lowest BCUT2D eigenvalue weighted by molar-refractivity contribution is 0.593. The van der Waals surface area contributed by atoms with Gasteiger partial charge >= 0.3 is 0 Å². The molecule has 0 aliphatic carbocycles. The number of primary sulfonamides is 1. The average Bonchev–Trinajstić information content (AvgIpc) is 2.65. The van der Waals surface area contributed by atoms with Crippen LogP contribution >= 0.6 is 0 Å². The molecule has 1 heterocycles. The molecule has 6 nitrogen and oxygen atoms in total. The van der Waals surface area contributed by atoms with E-state index in [9.17, 15) is 12.8 Å². The van der Waals surface area contributed by atoms with E-state index in [0.29, 0.717) is 6.54 Å². The maximum absolute atomic E-state index is 13.8. The largest absolute Gasteiger partial charge is 0.378 e. The molecule has 0 aliphatic rings. The van der Waals surface area contributed by atoms with Crippen molar-refractivity contribution >= 4 is 15.7 Å². The molecule has 0 fully saturated rings. The van der Waals surface area contributed by atoms with Crippen LogP contribution in [0.1, 0.15) is 11.3 Å². The minimum absolute atomic E-state index is 0.209. The number of aromatic nitrogens is 2. The Morgan fingerprint density at radius 1 is 1.45 bits per heavy atom. The number of hydrogen-bond donors (Lipinski definition) is 2. The Kier molecular flexibility index (Phi) is 3.78. The molecule has 0 saturated carbocycles. The van der Waals surface area contributed by atoms with Gasteiger partial charge in [-0.2, -0.15) is 5.10 Å². The van der Waals surface area contributed by atoms with Gasteiger partial charge in [-0.05, 0) is 25.1 Å². The fourth-order valence-electron chi connectivity index (χ4n) is 1.83.